The highest BCUT2D eigenvalue weighted by Crippen LogP contribution is 2.50. The topological polar surface area (TPSA) is 66.5 Å². The van der Waals surface area contributed by atoms with E-state index in [0.29, 0.717) is 6.61 Å². The lowest BCUT2D eigenvalue weighted by atomic mass is 9.59. The predicted molar refractivity (Wildman–Crippen MR) is 93.2 cm³/mol. The van der Waals surface area contributed by atoms with E-state index in [4.69, 9.17) is 4.74 Å². The highest BCUT2D eigenvalue weighted by atomic mass is 16.5. The minimum absolute atomic E-state index is 0.0794. The van der Waals surface area contributed by atoms with E-state index in [1.165, 1.54) is 6.42 Å². The minimum atomic E-state index is 0.0794. The summed E-state index contributed by atoms with van der Waals surface area (Å²) < 4.78 is 5.65. The fourth-order valence-electron chi connectivity index (χ4n) is 4.21. The smallest absolute Gasteiger partial charge is 0.228 e. The molecular weight excluding hydrogens is 304 g/mol. The average Bonchev–Trinajstić information content (AvgIpc) is 2.61. The maximum atomic E-state index is 12.9. The number of pyridine rings is 1. The number of anilines is 2. The van der Waals surface area contributed by atoms with Gasteiger partial charge in [-0.1, -0.05) is 6.42 Å². The quantitative estimate of drug-likeness (QED) is 0.882. The summed E-state index contributed by atoms with van der Waals surface area (Å²) in [6, 6.07) is 3.88. The van der Waals surface area contributed by atoms with Crippen molar-refractivity contribution >= 4 is 17.4 Å². The fourth-order valence-corrected chi connectivity index (χ4v) is 4.21. The number of piperazine rings is 1. The van der Waals surface area contributed by atoms with Crippen LogP contribution in [0.25, 0.3) is 0 Å². The van der Waals surface area contributed by atoms with Crippen LogP contribution in [0, 0.1) is 11.3 Å². The number of hydrogen-bond donors (Lipinski definition) is 2. The molecule has 1 aromatic rings. The molecule has 4 rings (SSSR count). The first kappa shape index (κ1) is 15.8. The van der Waals surface area contributed by atoms with Crippen molar-refractivity contribution in [3.63, 3.8) is 0 Å². The molecule has 3 fully saturated rings. The van der Waals surface area contributed by atoms with Crippen LogP contribution in [0.3, 0.4) is 0 Å². The molecule has 1 amide bonds. The van der Waals surface area contributed by atoms with Gasteiger partial charge in [0, 0.05) is 62.1 Å². The Morgan fingerprint density at radius 2 is 2.21 bits per heavy atom. The van der Waals surface area contributed by atoms with Crippen LogP contribution in [-0.2, 0) is 9.53 Å². The Labute approximate surface area is 143 Å². The Bertz CT molecular complexity index is 596. The second-order valence-corrected chi connectivity index (χ2v) is 7.24. The van der Waals surface area contributed by atoms with Gasteiger partial charge in [0.15, 0.2) is 0 Å². The summed E-state index contributed by atoms with van der Waals surface area (Å²) in [6.07, 6.45) is 6.08. The zero-order valence-corrected chi connectivity index (χ0v) is 14.1. The van der Waals surface area contributed by atoms with Crippen molar-refractivity contribution in [2.24, 2.45) is 11.3 Å². The molecule has 1 saturated carbocycles. The van der Waals surface area contributed by atoms with Crippen LogP contribution >= 0.6 is 0 Å². The Balaban J connectivity index is 1.45. The van der Waals surface area contributed by atoms with Crippen LogP contribution in [-0.4, -0.2) is 50.3 Å². The van der Waals surface area contributed by atoms with E-state index in [-0.39, 0.29) is 17.2 Å². The Morgan fingerprint density at radius 1 is 1.38 bits per heavy atom. The fraction of sp³-hybridized carbons (Fsp3) is 0.667. The number of carbonyl (C=O) groups is 1. The van der Waals surface area contributed by atoms with Crippen LogP contribution in [0.1, 0.15) is 25.7 Å². The van der Waals surface area contributed by atoms with Crippen LogP contribution in [0.15, 0.2) is 18.3 Å². The summed E-state index contributed by atoms with van der Waals surface area (Å²) in [5, 5.41) is 6.48. The van der Waals surface area contributed by atoms with Gasteiger partial charge in [-0.3, -0.25) is 4.79 Å². The predicted octanol–water partition coefficient (Wildman–Crippen LogP) is 1.64. The van der Waals surface area contributed by atoms with Gasteiger partial charge in [-0.25, -0.2) is 4.98 Å². The number of hydrogen-bond acceptors (Lipinski definition) is 5. The zero-order chi connectivity index (χ0) is 16.4. The molecule has 6 nitrogen and oxygen atoms in total. The van der Waals surface area contributed by atoms with Crippen molar-refractivity contribution in [1.29, 1.82) is 0 Å². The summed E-state index contributed by atoms with van der Waals surface area (Å²) in [5.41, 5.74) is 0.945. The summed E-state index contributed by atoms with van der Waals surface area (Å²) >= 11 is 0. The van der Waals surface area contributed by atoms with Gasteiger partial charge in [0.25, 0.3) is 0 Å². The molecular formula is C18H26N4O2. The second kappa shape index (κ2) is 6.69. The van der Waals surface area contributed by atoms with Crippen LogP contribution < -0.4 is 15.5 Å². The molecule has 1 unspecified atom stereocenters. The third-order valence-electron chi connectivity index (χ3n) is 5.80. The van der Waals surface area contributed by atoms with Crippen molar-refractivity contribution in [3.05, 3.63) is 18.3 Å². The molecule has 24 heavy (non-hydrogen) atoms. The summed E-state index contributed by atoms with van der Waals surface area (Å²) in [6.45, 7) is 5.29. The third-order valence-corrected chi connectivity index (χ3v) is 5.80. The van der Waals surface area contributed by atoms with Gasteiger partial charge in [-0.2, -0.15) is 0 Å². The first-order chi connectivity index (χ1) is 11.8. The van der Waals surface area contributed by atoms with Crippen molar-refractivity contribution in [2.75, 3.05) is 49.6 Å². The lowest BCUT2D eigenvalue weighted by Gasteiger charge is -2.49. The third kappa shape index (κ3) is 3.00. The molecule has 3 heterocycles. The first-order valence-corrected chi connectivity index (χ1v) is 9.07. The zero-order valence-electron chi connectivity index (χ0n) is 14.1. The van der Waals surface area contributed by atoms with E-state index < -0.39 is 0 Å². The molecule has 1 atom stereocenters. The Hall–Kier alpha value is -1.66. The number of nitrogens with one attached hydrogen (secondary N) is 2. The monoisotopic (exact) mass is 330 g/mol. The molecule has 130 valence electrons. The highest BCUT2D eigenvalue weighted by Gasteiger charge is 2.49. The summed E-state index contributed by atoms with van der Waals surface area (Å²) in [7, 11) is 0. The number of rotatable bonds is 3. The number of aromatic nitrogens is 1. The highest BCUT2D eigenvalue weighted by molar-refractivity contribution is 5.93. The molecule has 2 saturated heterocycles. The molecule has 1 aliphatic carbocycles. The molecule has 0 radical (unpaired) electrons. The maximum absolute atomic E-state index is 12.9. The molecule has 0 aromatic carbocycles. The summed E-state index contributed by atoms with van der Waals surface area (Å²) in [5.74, 6) is 1.17. The molecule has 1 spiro atoms. The average molecular weight is 330 g/mol. The lowest BCUT2D eigenvalue weighted by molar-refractivity contribution is -0.142. The van der Waals surface area contributed by atoms with Gasteiger partial charge in [0.05, 0.1) is 6.61 Å². The number of ether oxygens (including phenoxy) is 1. The molecule has 6 heteroatoms. The largest absolute Gasteiger partial charge is 0.381 e. The van der Waals surface area contributed by atoms with E-state index in [1.54, 1.807) is 6.20 Å². The lowest BCUT2D eigenvalue weighted by Crippen LogP contribution is -2.50. The SMILES string of the molecule is O=C(Nc1ccnc(N2CCNCC2)c1)C1CCOCC12CCC2. The van der Waals surface area contributed by atoms with Gasteiger partial charge in [-0.05, 0) is 25.3 Å². The van der Waals surface area contributed by atoms with Gasteiger partial charge in [0.2, 0.25) is 5.91 Å². The van der Waals surface area contributed by atoms with Gasteiger partial charge >= 0.3 is 0 Å². The van der Waals surface area contributed by atoms with Crippen molar-refractivity contribution in [1.82, 2.24) is 10.3 Å². The van der Waals surface area contributed by atoms with E-state index in [9.17, 15) is 4.79 Å². The minimum Gasteiger partial charge on any atom is -0.381 e. The van der Waals surface area contributed by atoms with Crippen molar-refractivity contribution in [3.8, 4) is 0 Å². The standard InChI is InChI=1S/C18H26N4O2/c23-17(15-3-11-24-13-18(15)4-1-5-18)21-14-2-6-20-16(12-14)22-9-7-19-8-10-22/h2,6,12,15,19H,1,3-5,7-11,13H2,(H,20,21,23). The number of nitrogens with zero attached hydrogens (tertiary/aromatic N) is 2. The van der Waals surface area contributed by atoms with E-state index in [0.717, 1.165) is 63.6 Å². The molecule has 2 aliphatic heterocycles. The van der Waals surface area contributed by atoms with E-state index >= 15 is 0 Å². The molecule has 2 N–H and O–H groups in total. The van der Waals surface area contributed by atoms with E-state index in [1.807, 2.05) is 12.1 Å². The first-order valence-electron chi connectivity index (χ1n) is 9.07. The van der Waals surface area contributed by atoms with Crippen LogP contribution in [0.4, 0.5) is 11.5 Å². The van der Waals surface area contributed by atoms with Crippen LogP contribution in [0.2, 0.25) is 0 Å². The number of amides is 1. The normalized spacial score (nSPS) is 26.0. The second-order valence-electron chi connectivity index (χ2n) is 7.24. The summed E-state index contributed by atoms with van der Waals surface area (Å²) in [4.78, 5) is 19.6. The van der Waals surface area contributed by atoms with Crippen LogP contribution in [0.5, 0.6) is 0 Å². The molecule has 0 bridgehead atoms. The Kier molecular flexibility index (Phi) is 4.41. The van der Waals surface area contributed by atoms with Gasteiger partial charge in [-0.15, -0.1) is 0 Å². The van der Waals surface area contributed by atoms with Gasteiger partial charge < -0.3 is 20.3 Å². The van der Waals surface area contributed by atoms with E-state index in [2.05, 4.69) is 20.5 Å². The number of carbonyl (C=O) groups excluding carboxylic acids is 1. The van der Waals surface area contributed by atoms with Crippen molar-refractivity contribution < 1.29 is 9.53 Å². The molecule has 1 aromatic heterocycles. The maximum Gasteiger partial charge on any atom is 0.228 e. The van der Waals surface area contributed by atoms with Crippen molar-refractivity contribution in [2.45, 2.75) is 25.7 Å². The Morgan fingerprint density at radius 3 is 2.96 bits per heavy atom. The van der Waals surface area contributed by atoms with Gasteiger partial charge in [0.1, 0.15) is 5.82 Å². The molecule has 3 aliphatic rings.